The number of anilines is 2. The van der Waals surface area contributed by atoms with Gasteiger partial charge in [-0.15, -0.1) is 0 Å². The van der Waals surface area contributed by atoms with Gasteiger partial charge in [0.05, 0.1) is 16.7 Å². The minimum atomic E-state index is -0.573. The van der Waals surface area contributed by atoms with Crippen LogP contribution in [0.15, 0.2) is 12.3 Å². The maximum Gasteiger partial charge on any atom is 0.227 e. The molecule has 4 N–H and O–H groups in total. The van der Waals surface area contributed by atoms with Crippen molar-refractivity contribution < 1.29 is 4.79 Å². The van der Waals surface area contributed by atoms with Gasteiger partial charge in [0, 0.05) is 19.8 Å². The number of nitrogens with two attached hydrogens (primary N) is 1. The molecule has 0 aliphatic rings. The highest BCUT2D eigenvalue weighted by Gasteiger charge is 2.26. The van der Waals surface area contributed by atoms with Crippen molar-refractivity contribution in [2.75, 3.05) is 24.6 Å². The molecule has 1 rings (SSSR count). The summed E-state index contributed by atoms with van der Waals surface area (Å²) in [5.41, 5.74) is 5.98. The zero-order valence-electron chi connectivity index (χ0n) is 10.7. The molecule has 0 atom stereocenters. The number of hydrogen-bond donors (Lipinski definition) is 3. The van der Waals surface area contributed by atoms with Gasteiger partial charge in [-0.3, -0.25) is 4.79 Å². The second-order valence-corrected chi connectivity index (χ2v) is 4.59. The van der Waals surface area contributed by atoms with Crippen LogP contribution in [0.1, 0.15) is 19.4 Å². The summed E-state index contributed by atoms with van der Waals surface area (Å²) in [5.74, 6) is 0.410. The molecule has 0 unspecified atom stereocenters. The Labute approximate surface area is 106 Å². The number of aromatic nitrogens is 1. The van der Waals surface area contributed by atoms with Crippen LogP contribution in [0.2, 0.25) is 0 Å². The zero-order chi connectivity index (χ0) is 13.8. The summed E-state index contributed by atoms with van der Waals surface area (Å²) in [7, 11) is 1.60. The van der Waals surface area contributed by atoms with E-state index in [1.165, 1.54) is 6.20 Å². The third kappa shape index (κ3) is 3.10. The Morgan fingerprint density at radius 1 is 1.61 bits per heavy atom. The Balaban J connectivity index is 2.76. The third-order valence-corrected chi connectivity index (χ3v) is 2.59. The predicted molar refractivity (Wildman–Crippen MR) is 69.7 cm³/mol. The summed E-state index contributed by atoms with van der Waals surface area (Å²) in [4.78, 5) is 15.6. The summed E-state index contributed by atoms with van der Waals surface area (Å²) >= 11 is 0. The van der Waals surface area contributed by atoms with Gasteiger partial charge >= 0.3 is 0 Å². The van der Waals surface area contributed by atoms with E-state index in [1.54, 1.807) is 13.1 Å². The van der Waals surface area contributed by atoms with Gasteiger partial charge in [0.2, 0.25) is 5.91 Å². The first kappa shape index (κ1) is 13.8. The molecule has 6 nitrogen and oxygen atoms in total. The third-order valence-electron chi connectivity index (χ3n) is 2.59. The van der Waals surface area contributed by atoms with Gasteiger partial charge in [-0.2, -0.15) is 5.26 Å². The van der Waals surface area contributed by atoms with E-state index in [0.717, 1.165) is 0 Å². The number of amides is 1. The van der Waals surface area contributed by atoms with Crippen LogP contribution in [-0.4, -0.2) is 24.5 Å². The fraction of sp³-hybridized carbons (Fsp3) is 0.417. The van der Waals surface area contributed by atoms with Gasteiger partial charge < -0.3 is 16.4 Å². The molecule has 96 valence electrons. The van der Waals surface area contributed by atoms with E-state index in [4.69, 9.17) is 11.0 Å². The molecule has 0 fully saturated rings. The quantitative estimate of drug-likeness (QED) is 0.727. The molecule has 0 saturated carbocycles. The Morgan fingerprint density at radius 2 is 2.28 bits per heavy atom. The summed E-state index contributed by atoms with van der Waals surface area (Å²) in [5, 5.41) is 14.3. The predicted octanol–water partition coefficient (Wildman–Crippen LogP) is 0.720. The summed E-state index contributed by atoms with van der Waals surface area (Å²) in [6.45, 7) is 4.03. The molecule has 1 aromatic rings. The molecular formula is C12H17N5O. The van der Waals surface area contributed by atoms with Gasteiger partial charge in [0.1, 0.15) is 11.9 Å². The fourth-order valence-electron chi connectivity index (χ4n) is 1.41. The maximum atomic E-state index is 11.6. The second-order valence-electron chi connectivity index (χ2n) is 4.59. The minimum absolute atomic E-state index is 0.0674. The molecule has 6 heteroatoms. The summed E-state index contributed by atoms with van der Waals surface area (Å²) in [6, 6.07) is 3.50. The first-order chi connectivity index (χ1) is 8.40. The Kier molecular flexibility index (Phi) is 4.10. The average molecular weight is 247 g/mol. The molecule has 0 aromatic carbocycles. The van der Waals surface area contributed by atoms with Gasteiger partial charge in [0.15, 0.2) is 0 Å². The summed E-state index contributed by atoms with van der Waals surface area (Å²) < 4.78 is 0. The molecule has 1 heterocycles. The van der Waals surface area contributed by atoms with Crippen LogP contribution in [-0.2, 0) is 4.79 Å². The van der Waals surface area contributed by atoms with E-state index in [-0.39, 0.29) is 5.91 Å². The van der Waals surface area contributed by atoms with Gasteiger partial charge in [-0.25, -0.2) is 4.98 Å². The van der Waals surface area contributed by atoms with Crippen molar-refractivity contribution in [3.8, 4) is 6.07 Å². The van der Waals surface area contributed by atoms with Crippen LogP contribution in [0.5, 0.6) is 0 Å². The molecular weight excluding hydrogens is 230 g/mol. The summed E-state index contributed by atoms with van der Waals surface area (Å²) in [6.07, 6.45) is 1.44. The highest BCUT2D eigenvalue weighted by molar-refractivity contribution is 5.82. The monoisotopic (exact) mass is 247 g/mol. The van der Waals surface area contributed by atoms with Crippen LogP contribution in [0, 0.1) is 16.7 Å². The van der Waals surface area contributed by atoms with Crippen LogP contribution in [0.3, 0.4) is 0 Å². The smallest absolute Gasteiger partial charge is 0.227 e. The number of hydrogen-bond acceptors (Lipinski definition) is 5. The van der Waals surface area contributed by atoms with E-state index < -0.39 is 5.41 Å². The number of carbonyl (C=O) groups is 1. The number of nitrogens with one attached hydrogen (secondary N) is 2. The lowest BCUT2D eigenvalue weighted by molar-refractivity contribution is -0.128. The van der Waals surface area contributed by atoms with Crippen molar-refractivity contribution in [1.82, 2.24) is 10.3 Å². The largest absolute Gasteiger partial charge is 0.396 e. The van der Waals surface area contributed by atoms with E-state index in [1.807, 2.05) is 19.9 Å². The Hall–Kier alpha value is -2.29. The molecule has 0 radical (unpaired) electrons. The normalized spacial score (nSPS) is 10.6. The number of pyridine rings is 1. The van der Waals surface area contributed by atoms with Crippen molar-refractivity contribution in [1.29, 1.82) is 5.26 Å². The lowest BCUT2D eigenvalue weighted by Gasteiger charge is -2.23. The van der Waals surface area contributed by atoms with E-state index in [2.05, 4.69) is 15.6 Å². The maximum absolute atomic E-state index is 11.6. The first-order valence-corrected chi connectivity index (χ1v) is 5.52. The van der Waals surface area contributed by atoms with Gasteiger partial charge in [-0.05, 0) is 19.9 Å². The van der Waals surface area contributed by atoms with Crippen LogP contribution >= 0.6 is 0 Å². The van der Waals surface area contributed by atoms with Crippen LogP contribution < -0.4 is 16.4 Å². The number of nitriles is 1. The van der Waals surface area contributed by atoms with Crippen LogP contribution in [0.4, 0.5) is 11.5 Å². The van der Waals surface area contributed by atoms with Crippen molar-refractivity contribution >= 4 is 17.4 Å². The molecule has 0 aliphatic heterocycles. The van der Waals surface area contributed by atoms with Crippen molar-refractivity contribution in [2.45, 2.75) is 13.8 Å². The van der Waals surface area contributed by atoms with Crippen molar-refractivity contribution in [3.63, 3.8) is 0 Å². The molecule has 0 saturated heterocycles. The average Bonchev–Trinajstić information content (AvgIpc) is 2.36. The number of rotatable bonds is 4. The lowest BCUT2D eigenvalue weighted by atomic mass is 9.92. The molecule has 0 bridgehead atoms. The highest BCUT2D eigenvalue weighted by Crippen LogP contribution is 2.20. The van der Waals surface area contributed by atoms with E-state index in [9.17, 15) is 4.79 Å². The number of nitrogen functional groups attached to an aromatic ring is 1. The van der Waals surface area contributed by atoms with Crippen molar-refractivity contribution in [3.05, 3.63) is 17.8 Å². The fourth-order valence-corrected chi connectivity index (χ4v) is 1.41. The van der Waals surface area contributed by atoms with Crippen molar-refractivity contribution in [2.24, 2.45) is 5.41 Å². The Morgan fingerprint density at radius 3 is 2.78 bits per heavy atom. The lowest BCUT2D eigenvalue weighted by Crippen LogP contribution is -2.39. The molecule has 1 aromatic heterocycles. The van der Waals surface area contributed by atoms with Gasteiger partial charge in [-0.1, -0.05) is 0 Å². The molecule has 0 aliphatic carbocycles. The molecule has 1 amide bonds. The second kappa shape index (κ2) is 5.36. The highest BCUT2D eigenvalue weighted by atomic mass is 16.2. The molecule has 18 heavy (non-hydrogen) atoms. The number of nitrogens with zero attached hydrogens (tertiary/aromatic N) is 2. The van der Waals surface area contributed by atoms with Crippen LogP contribution in [0.25, 0.3) is 0 Å². The first-order valence-electron chi connectivity index (χ1n) is 5.52. The van der Waals surface area contributed by atoms with Gasteiger partial charge in [0.25, 0.3) is 0 Å². The topological polar surface area (TPSA) is 104 Å². The molecule has 0 spiro atoms. The van der Waals surface area contributed by atoms with E-state index >= 15 is 0 Å². The zero-order valence-corrected chi connectivity index (χ0v) is 10.7. The SMILES string of the molecule is CNC(=O)C(C)(C)CNc1ncc(C#N)cc1N. The number of carbonyl (C=O) groups excluding carboxylic acids is 1. The van der Waals surface area contributed by atoms with E-state index in [0.29, 0.717) is 23.6 Å². The standard InChI is InChI=1S/C12H17N5O/c1-12(2,11(18)15-3)7-17-10-9(14)4-8(5-13)6-16-10/h4,6H,7,14H2,1-3H3,(H,15,18)(H,16,17). The Bertz CT molecular complexity index is 490. The minimum Gasteiger partial charge on any atom is -0.396 e.